The highest BCUT2D eigenvalue weighted by atomic mass is 32.2. The SMILES string of the molecule is Cc1ccc(S(=O)(=O)N2CC3=CC(=O)C[C@@]3(C)C2)cc1. The van der Waals surface area contributed by atoms with Crippen molar-refractivity contribution in [3.63, 3.8) is 0 Å². The molecule has 1 atom stereocenters. The molecule has 1 fully saturated rings. The third kappa shape index (κ3) is 2.01. The molecular weight excluding hydrogens is 274 g/mol. The Balaban J connectivity index is 1.93. The van der Waals surface area contributed by atoms with Gasteiger partial charge in [-0.15, -0.1) is 0 Å². The number of carbonyl (C=O) groups excluding carboxylic acids is 1. The molecule has 0 aromatic heterocycles. The first kappa shape index (κ1) is 13.5. The summed E-state index contributed by atoms with van der Waals surface area (Å²) in [5, 5.41) is 0. The number of rotatable bonds is 2. The number of aryl methyl sites for hydroxylation is 1. The molecule has 4 nitrogen and oxygen atoms in total. The van der Waals surface area contributed by atoms with Crippen molar-refractivity contribution in [3.8, 4) is 0 Å². The fourth-order valence-electron chi connectivity index (χ4n) is 2.98. The monoisotopic (exact) mass is 291 g/mol. The van der Waals surface area contributed by atoms with Crippen LogP contribution in [-0.4, -0.2) is 31.6 Å². The minimum atomic E-state index is -3.47. The second-order valence-corrected chi connectivity index (χ2v) is 7.90. The van der Waals surface area contributed by atoms with E-state index in [1.54, 1.807) is 30.3 Å². The van der Waals surface area contributed by atoms with E-state index in [1.165, 1.54) is 4.31 Å². The number of hydrogen-bond donors (Lipinski definition) is 0. The molecule has 1 aliphatic heterocycles. The quantitative estimate of drug-likeness (QED) is 0.836. The first-order chi connectivity index (χ1) is 9.31. The van der Waals surface area contributed by atoms with Gasteiger partial charge in [-0.3, -0.25) is 4.79 Å². The van der Waals surface area contributed by atoms with Gasteiger partial charge >= 0.3 is 0 Å². The number of allylic oxidation sites excluding steroid dienone is 1. The van der Waals surface area contributed by atoms with E-state index in [-0.39, 0.29) is 11.2 Å². The molecule has 0 bridgehead atoms. The number of hydrogen-bond acceptors (Lipinski definition) is 3. The zero-order chi connectivity index (χ0) is 14.5. The lowest BCUT2D eigenvalue weighted by Gasteiger charge is -2.21. The summed E-state index contributed by atoms with van der Waals surface area (Å²) in [5.74, 6) is 0.106. The lowest BCUT2D eigenvalue weighted by atomic mass is 9.86. The topological polar surface area (TPSA) is 54.5 Å². The van der Waals surface area contributed by atoms with Crippen molar-refractivity contribution in [2.24, 2.45) is 5.41 Å². The Morgan fingerprint density at radius 3 is 2.45 bits per heavy atom. The van der Waals surface area contributed by atoms with Gasteiger partial charge in [0.15, 0.2) is 5.78 Å². The Labute approximate surface area is 119 Å². The second-order valence-electron chi connectivity index (χ2n) is 5.96. The molecule has 3 rings (SSSR count). The maximum atomic E-state index is 12.6. The summed E-state index contributed by atoms with van der Waals surface area (Å²) in [6, 6.07) is 6.88. The van der Waals surface area contributed by atoms with Crippen LogP contribution in [0.5, 0.6) is 0 Å². The predicted molar refractivity (Wildman–Crippen MR) is 75.8 cm³/mol. The molecule has 1 aliphatic carbocycles. The maximum absolute atomic E-state index is 12.6. The second kappa shape index (κ2) is 4.27. The molecule has 0 amide bonds. The first-order valence-corrected chi connectivity index (χ1v) is 8.06. The fraction of sp³-hybridized carbons (Fsp3) is 0.400. The Bertz CT molecular complexity index is 703. The molecule has 0 saturated carbocycles. The van der Waals surface area contributed by atoms with E-state index < -0.39 is 10.0 Å². The van der Waals surface area contributed by atoms with E-state index in [0.29, 0.717) is 24.4 Å². The standard InChI is InChI=1S/C15H17NO3S/c1-11-3-5-14(6-4-11)20(18,19)16-9-12-7-13(17)8-15(12,2)10-16/h3-7H,8-10H2,1-2H3/t15-/m0/s1. The fourth-order valence-corrected chi connectivity index (χ4v) is 4.52. The highest BCUT2D eigenvalue weighted by molar-refractivity contribution is 7.89. The van der Waals surface area contributed by atoms with Gasteiger partial charge in [0.25, 0.3) is 0 Å². The van der Waals surface area contributed by atoms with Gasteiger partial charge in [0, 0.05) is 24.9 Å². The highest BCUT2D eigenvalue weighted by Gasteiger charge is 2.47. The van der Waals surface area contributed by atoms with E-state index >= 15 is 0 Å². The van der Waals surface area contributed by atoms with Crippen LogP contribution in [0.1, 0.15) is 18.9 Å². The Morgan fingerprint density at radius 1 is 1.20 bits per heavy atom. The summed E-state index contributed by atoms with van der Waals surface area (Å²) in [4.78, 5) is 11.8. The van der Waals surface area contributed by atoms with Crippen LogP contribution in [0, 0.1) is 12.3 Å². The van der Waals surface area contributed by atoms with Gasteiger partial charge in [-0.2, -0.15) is 4.31 Å². The summed E-state index contributed by atoms with van der Waals surface area (Å²) >= 11 is 0. The summed E-state index contributed by atoms with van der Waals surface area (Å²) in [5.41, 5.74) is 1.66. The minimum Gasteiger partial charge on any atom is -0.295 e. The summed E-state index contributed by atoms with van der Waals surface area (Å²) in [7, 11) is -3.47. The number of carbonyl (C=O) groups is 1. The Morgan fingerprint density at radius 2 is 1.85 bits per heavy atom. The zero-order valence-electron chi connectivity index (χ0n) is 11.6. The van der Waals surface area contributed by atoms with Crippen molar-refractivity contribution < 1.29 is 13.2 Å². The van der Waals surface area contributed by atoms with Crippen LogP contribution >= 0.6 is 0 Å². The molecule has 0 N–H and O–H groups in total. The molecule has 1 heterocycles. The van der Waals surface area contributed by atoms with Crippen molar-refractivity contribution in [2.75, 3.05) is 13.1 Å². The van der Waals surface area contributed by atoms with Crippen molar-refractivity contribution >= 4 is 15.8 Å². The lowest BCUT2D eigenvalue weighted by molar-refractivity contribution is -0.115. The number of nitrogens with zero attached hydrogens (tertiary/aromatic N) is 1. The molecule has 2 aliphatic rings. The molecule has 0 spiro atoms. The average molecular weight is 291 g/mol. The Kier molecular flexibility index (Phi) is 2.88. The van der Waals surface area contributed by atoms with E-state index in [1.807, 2.05) is 13.8 Å². The molecule has 0 radical (unpaired) electrons. The smallest absolute Gasteiger partial charge is 0.243 e. The first-order valence-electron chi connectivity index (χ1n) is 6.62. The summed E-state index contributed by atoms with van der Waals surface area (Å²) < 4.78 is 26.7. The molecule has 1 saturated heterocycles. The number of fused-ring (bicyclic) bond motifs is 1. The summed E-state index contributed by atoms with van der Waals surface area (Å²) in [6.45, 7) is 4.61. The predicted octanol–water partition coefficient (Wildman–Crippen LogP) is 1.90. The Hall–Kier alpha value is -1.46. The largest absolute Gasteiger partial charge is 0.295 e. The molecule has 5 heteroatoms. The molecule has 106 valence electrons. The van der Waals surface area contributed by atoms with Crippen LogP contribution < -0.4 is 0 Å². The van der Waals surface area contributed by atoms with Crippen molar-refractivity contribution in [2.45, 2.75) is 25.2 Å². The van der Waals surface area contributed by atoms with Gasteiger partial charge in [-0.05, 0) is 30.7 Å². The van der Waals surface area contributed by atoms with Crippen molar-refractivity contribution in [3.05, 3.63) is 41.5 Å². The van der Waals surface area contributed by atoms with E-state index in [0.717, 1.165) is 11.1 Å². The lowest BCUT2D eigenvalue weighted by Crippen LogP contribution is -2.31. The van der Waals surface area contributed by atoms with Gasteiger partial charge < -0.3 is 0 Å². The van der Waals surface area contributed by atoms with Crippen LogP contribution in [0.2, 0.25) is 0 Å². The van der Waals surface area contributed by atoms with Gasteiger partial charge in [0.1, 0.15) is 0 Å². The molecular formula is C15H17NO3S. The van der Waals surface area contributed by atoms with Crippen molar-refractivity contribution in [1.82, 2.24) is 4.31 Å². The molecule has 20 heavy (non-hydrogen) atoms. The van der Waals surface area contributed by atoms with Gasteiger partial charge in [0.2, 0.25) is 10.0 Å². The minimum absolute atomic E-state index is 0.106. The third-order valence-electron chi connectivity index (χ3n) is 4.21. The van der Waals surface area contributed by atoms with Gasteiger partial charge in [-0.25, -0.2) is 8.42 Å². The normalized spacial score (nSPS) is 26.7. The average Bonchev–Trinajstić information content (AvgIpc) is 2.80. The molecule has 0 unspecified atom stereocenters. The van der Waals surface area contributed by atoms with Gasteiger partial charge in [-0.1, -0.05) is 24.6 Å². The van der Waals surface area contributed by atoms with Crippen LogP contribution in [-0.2, 0) is 14.8 Å². The summed E-state index contributed by atoms with van der Waals surface area (Å²) in [6.07, 6.45) is 2.03. The third-order valence-corrected chi connectivity index (χ3v) is 6.01. The van der Waals surface area contributed by atoms with Crippen LogP contribution in [0.15, 0.2) is 40.8 Å². The van der Waals surface area contributed by atoms with Gasteiger partial charge in [0.05, 0.1) is 4.90 Å². The zero-order valence-corrected chi connectivity index (χ0v) is 12.4. The number of sulfonamides is 1. The van der Waals surface area contributed by atoms with E-state index in [2.05, 4.69) is 0 Å². The van der Waals surface area contributed by atoms with E-state index in [4.69, 9.17) is 0 Å². The van der Waals surface area contributed by atoms with Crippen LogP contribution in [0.4, 0.5) is 0 Å². The highest BCUT2D eigenvalue weighted by Crippen LogP contribution is 2.44. The number of ketones is 1. The van der Waals surface area contributed by atoms with Crippen molar-refractivity contribution in [1.29, 1.82) is 0 Å². The van der Waals surface area contributed by atoms with E-state index in [9.17, 15) is 13.2 Å². The number of benzene rings is 1. The molecule has 1 aromatic rings. The van der Waals surface area contributed by atoms with Crippen LogP contribution in [0.3, 0.4) is 0 Å². The van der Waals surface area contributed by atoms with Crippen LogP contribution in [0.25, 0.3) is 0 Å². The molecule has 1 aromatic carbocycles. The maximum Gasteiger partial charge on any atom is 0.243 e.